The number of rotatable bonds is 6. The predicted octanol–water partition coefficient (Wildman–Crippen LogP) is 4.72. The van der Waals surface area contributed by atoms with Crippen molar-refractivity contribution in [2.24, 2.45) is 0 Å². The van der Waals surface area contributed by atoms with E-state index in [0.29, 0.717) is 23.8 Å². The van der Waals surface area contributed by atoms with Gasteiger partial charge in [0.2, 0.25) is 0 Å². The van der Waals surface area contributed by atoms with Gasteiger partial charge in [0.1, 0.15) is 5.57 Å². The van der Waals surface area contributed by atoms with E-state index >= 15 is 0 Å². The van der Waals surface area contributed by atoms with Crippen LogP contribution in [-0.4, -0.2) is 22.4 Å². The first-order valence-electron chi connectivity index (χ1n) is 10.7. The van der Waals surface area contributed by atoms with Crippen molar-refractivity contribution in [2.45, 2.75) is 32.7 Å². The summed E-state index contributed by atoms with van der Waals surface area (Å²) in [6, 6.07) is 20.2. The summed E-state index contributed by atoms with van der Waals surface area (Å²) in [5.41, 5.74) is 3.28. The van der Waals surface area contributed by atoms with E-state index in [4.69, 9.17) is 0 Å². The van der Waals surface area contributed by atoms with Crippen molar-refractivity contribution in [2.75, 3.05) is 4.90 Å². The summed E-state index contributed by atoms with van der Waals surface area (Å²) in [7, 11) is 0. The molecule has 0 saturated carbocycles. The van der Waals surface area contributed by atoms with Crippen LogP contribution in [0.25, 0.3) is 6.08 Å². The monoisotopic (exact) mass is 427 g/mol. The van der Waals surface area contributed by atoms with Crippen LogP contribution in [0.3, 0.4) is 0 Å². The van der Waals surface area contributed by atoms with Gasteiger partial charge in [0, 0.05) is 18.4 Å². The van der Waals surface area contributed by atoms with E-state index in [-0.39, 0.29) is 5.57 Å². The van der Waals surface area contributed by atoms with Crippen molar-refractivity contribution in [1.29, 1.82) is 0 Å². The molecular formula is C26H25N3O3. The highest BCUT2D eigenvalue weighted by atomic mass is 16.2. The Morgan fingerprint density at radius 3 is 2.34 bits per heavy atom. The largest absolute Gasteiger partial charge is 0.344 e. The summed E-state index contributed by atoms with van der Waals surface area (Å²) in [4.78, 5) is 39.2. The van der Waals surface area contributed by atoms with Crippen molar-refractivity contribution >= 4 is 29.6 Å². The van der Waals surface area contributed by atoms with Crippen molar-refractivity contribution in [3.63, 3.8) is 0 Å². The van der Waals surface area contributed by atoms with E-state index in [2.05, 4.69) is 19.2 Å². The normalized spacial score (nSPS) is 16.4. The Bertz CT molecular complexity index is 1180. The minimum absolute atomic E-state index is 0.0800. The third-order valence-electron chi connectivity index (χ3n) is 5.79. The number of carbonyl (C=O) groups is 3. The van der Waals surface area contributed by atoms with Crippen molar-refractivity contribution in [1.82, 2.24) is 9.88 Å². The molecule has 2 heterocycles. The highest BCUT2D eigenvalue weighted by Gasteiger charge is 2.37. The molecule has 6 nitrogen and oxygen atoms in total. The van der Waals surface area contributed by atoms with Crippen LogP contribution in [0.1, 0.15) is 43.0 Å². The molecule has 0 radical (unpaired) electrons. The molecule has 1 aliphatic rings. The molecule has 6 heteroatoms. The van der Waals surface area contributed by atoms with Gasteiger partial charge in [-0.1, -0.05) is 56.3 Å². The molecule has 2 aromatic carbocycles. The van der Waals surface area contributed by atoms with Gasteiger partial charge in [-0.15, -0.1) is 0 Å². The summed E-state index contributed by atoms with van der Waals surface area (Å²) in [6.07, 6.45) is 4.42. The van der Waals surface area contributed by atoms with E-state index in [9.17, 15) is 14.4 Å². The topological polar surface area (TPSA) is 71.4 Å². The van der Waals surface area contributed by atoms with Crippen LogP contribution in [0.4, 0.5) is 10.5 Å². The molecule has 0 aliphatic carbocycles. The average Bonchev–Trinajstić information content (AvgIpc) is 3.23. The molecule has 1 fully saturated rings. The molecular weight excluding hydrogens is 402 g/mol. The number of nitrogens with one attached hydrogen (secondary N) is 1. The van der Waals surface area contributed by atoms with E-state index in [1.807, 2.05) is 65.4 Å². The fourth-order valence-electron chi connectivity index (χ4n) is 3.71. The SMILES string of the molecule is CC[C@@H](C)c1ccc(N2C(=O)NC(=O)/C(=C\c3cccn3Cc3ccccc3)C2=O)cc1. The molecule has 0 unspecified atom stereocenters. The van der Waals surface area contributed by atoms with E-state index in [1.165, 1.54) is 6.08 Å². The van der Waals surface area contributed by atoms with Crippen LogP contribution < -0.4 is 10.2 Å². The zero-order valence-corrected chi connectivity index (χ0v) is 18.1. The van der Waals surface area contributed by atoms with Crippen LogP contribution in [-0.2, 0) is 16.1 Å². The third-order valence-corrected chi connectivity index (χ3v) is 5.79. The number of anilines is 1. The Hall–Kier alpha value is -3.93. The summed E-state index contributed by atoms with van der Waals surface area (Å²) < 4.78 is 1.95. The fraction of sp³-hybridized carbons (Fsp3) is 0.192. The molecule has 1 saturated heterocycles. The number of hydrogen-bond donors (Lipinski definition) is 1. The molecule has 32 heavy (non-hydrogen) atoms. The van der Waals surface area contributed by atoms with Crippen LogP contribution in [0, 0.1) is 0 Å². The number of amides is 4. The Kier molecular flexibility index (Phi) is 6.03. The van der Waals surface area contributed by atoms with Crippen LogP contribution in [0.5, 0.6) is 0 Å². The average molecular weight is 428 g/mol. The minimum atomic E-state index is -0.742. The molecule has 1 aliphatic heterocycles. The lowest BCUT2D eigenvalue weighted by molar-refractivity contribution is -0.122. The van der Waals surface area contributed by atoms with Gasteiger partial charge < -0.3 is 4.57 Å². The van der Waals surface area contributed by atoms with Crippen molar-refractivity contribution in [3.05, 3.63) is 95.3 Å². The number of aromatic nitrogens is 1. The quantitative estimate of drug-likeness (QED) is 0.457. The molecule has 3 aromatic rings. The maximum atomic E-state index is 13.2. The third kappa shape index (κ3) is 4.25. The predicted molar refractivity (Wildman–Crippen MR) is 124 cm³/mol. The standard InChI is InChI=1S/C26H25N3O3/c1-3-18(2)20-11-13-21(14-12-20)29-25(31)23(24(30)27-26(29)32)16-22-10-7-15-28(22)17-19-8-5-4-6-9-19/h4-16,18H,3,17H2,1-2H3,(H,27,30,32)/b23-16+/t18-/m1/s1. The number of imide groups is 2. The van der Waals surface area contributed by atoms with Gasteiger partial charge in [0.05, 0.1) is 5.69 Å². The molecule has 1 aromatic heterocycles. The number of hydrogen-bond acceptors (Lipinski definition) is 3. The van der Waals surface area contributed by atoms with Gasteiger partial charge in [0.15, 0.2) is 0 Å². The molecule has 0 spiro atoms. The number of barbiturate groups is 1. The van der Waals surface area contributed by atoms with Crippen LogP contribution in [0.2, 0.25) is 0 Å². The zero-order valence-electron chi connectivity index (χ0n) is 18.1. The number of benzene rings is 2. The van der Waals surface area contributed by atoms with E-state index in [1.54, 1.807) is 12.1 Å². The summed E-state index contributed by atoms with van der Waals surface area (Å²) in [6.45, 7) is 4.83. The number of urea groups is 1. The van der Waals surface area contributed by atoms with Gasteiger partial charge in [-0.3, -0.25) is 14.9 Å². The maximum Gasteiger partial charge on any atom is 0.335 e. The van der Waals surface area contributed by atoms with Crippen LogP contribution in [0.15, 0.2) is 78.5 Å². The summed E-state index contributed by atoms with van der Waals surface area (Å²) in [5, 5.41) is 2.29. The van der Waals surface area contributed by atoms with Crippen LogP contribution >= 0.6 is 0 Å². The number of carbonyl (C=O) groups excluding carboxylic acids is 3. The zero-order chi connectivity index (χ0) is 22.7. The Balaban J connectivity index is 1.63. The molecule has 1 atom stereocenters. The van der Waals surface area contributed by atoms with Crippen molar-refractivity contribution in [3.8, 4) is 0 Å². The van der Waals surface area contributed by atoms with E-state index in [0.717, 1.165) is 22.4 Å². The second-order valence-corrected chi connectivity index (χ2v) is 7.91. The molecule has 1 N–H and O–H groups in total. The number of nitrogens with zero attached hydrogens (tertiary/aromatic N) is 2. The van der Waals surface area contributed by atoms with Gasteiger partial charge in [-0.2, -0.15) is 0 Å². The van der Waals surface area contributed by atoms with Gasteiger partial charge >= 0.3 is 6.03 Å². The molecule has 4 rings (SSSR count). The summed E-state index contributed by atoms with van der Waals surface area (Å²) in [5.74, 6) is -0.952. The fourth-order valence-corrected chi connectivity index (χ4v) is 3.71. The van der Waals surface area contributed by atoms with Crippen molar-refractivity contribution < 1.29 is 14.4 Å². The van der Waals surface area contributed by atoms with E-state index < -0.39 is 17.8 Å². The molecule has 0 bridgehead atoms. The molecule has 162 valence electrons. The second-order valence-electron chi connectivity index (χ2n) is 7.91. The highest BCUT2D eigenvalue weighted by Crippen LogP contribution is 2.25. The van der Waals surface area contributed by atoms with Gasteiger partial charge in [0.25, 0.3) is 11.8 Å². The first-order valence-corrected chi connectivity index (χ1v) is 10.7. The lowest BCUT2D eigenvalue weighted by Gasteiger charge is -2.26. The Morgan fingerprint density at radius 1 is 0.938 bits per heavy atom. The van der Waals surface area contributed by atoms with Gasteiger partial charge in [-0.05, 0) is 53.8 Å². The highest BCUT2D eigenvalue weighted by molar-refractivity contribution is 6.39. The smallest absolute Gasteiger partial charge is 0.335 e. The second kappa shape index (κ2) is 9.06. The lowest BCUT2D eigenvalue weighted by atomic mass is 9.98. The molecule has 4 amide bonds. The maximum absolute atomic E-state index is 13.2. The Labute approximate surface area is 187 Å². The first-order chi connectivity index (χ1) is 15.5. The lowest BCUT2D eigenvalue weighted by Crippen LogP contribution is -2.54. The Morgan fingerprint density at radius 2 is 1.66 bits per heavy atom. The first kappa shape index (κ1) is 21.3. The minimum Gasteiger partial charge on any atom is -0.344 e. The summed E-state index contributed by atoms with van der Waals surface area (Å²) >= 11 is 0. The van der Waals surface area contributed by atoms with Gasteiger partial charge in [-0.25, -0.2) is 9.69 Å².